The monoisotopic (exact) mass is 412 g/mol. The first kappa shape index (κ1) is 19.2. The number of fused-ring (bicyclic) bond motifs is 1. The van der Waals surface area contributed by atoms with Gasteiger partial charge in [-0.2, -0.15) is 5.10 Å². The van der Waals surface area contributed by atoms with E-state index < -0.39 is 0 Å². The van der Waals surface area contributed by atoms with Crippen LogP contribution in [0.1, 0.15) is 11.1 Å². The first-order chi connectivity index (χ1) is 14.1. The average Bonchev–Trinajstić information content (AvgIpc) is 3.12. The summed E-state index contributed by atoms with van der Waals surface area (Å²) in [6, 6.07) is 13.5. The average molecular weight is 413 g/mol. The van der Waals surface area contributed by atoms with Gasteiger partial charge in [-0.1, -0.05) is 23.7 Å². The Hall–Kier alpha value is -3.16. The summed E-state index contributed by atoms with van der Waals surface area (Å²) in [5.41, 5.74) is 3.28. The van der Waals surface area contributed by atoms with E-state index in [0.717, 1.165) is 22.3 Å². The summed E-state index contributed by atoms with van der Waals surface area (Å²) in [6.07, 6.45) is 3.33. The molecular formula is C21H18ClFN4O2. The largest absolute Gasteiger partial charge is 0.487 e. The van der Waals surface area contributed by atoms with Gasteiger partial charge in [0, 0.05) is 24.6 Å². The highest BCUT2D eigenvalue weighted by Crippen LogP contribution is 2.31. The first-order valence-corrected chi connectivity index (χ1v) is 9.26. The van der Waals surface area contributed by atoms with Gasteiger partial charge in [0.25, 0.3) is 0 Å². The van der Waals surface area contributed by atoms with E-state index in [9.17, 15) is 4.39 Å². The summed E-state index contributed by atoms with van der Waals surface area (Å²) in [6.45, 7) is 0.674. The third-order valence-corrected chi connectivity index (χ3v) is 4.61. The van der Waals surface area contributed by atoms with E-state index in [1.165, 1.54) is 18.5 Å². The zero-order valence-electron chi connectivity index (χ0n) is 15.6. The van der Waals surface area contributed by atoms with Gasteiger partial charge in [-0.05, 0) is 42.0 Å². The van der Waals surface area contributed by atoms with Gasteiger partial charge >= 0.3 is 0 Å². The fraction of sp³-hybridized carbons (Fsp3) is 0.143. The van der Waals surface area contributed by atoms with Crippen LogP contribution in [0.4, 0.5) is 15.9 Å². The fourth-order valence-corrected chi connectivity index (χ4v) is 3.24. The molecule has 148 valence electrons. The molecule has 0 aliphatic heterocycles. The van der Waals surface area contributed by atoms with Crippen LogP contribution in [0, 0.1) is 5.82 Å². The lowest BCUT2D eigenvalue weighted by atomic mass is 10.2. The second kappa shape index (κ2) is 8.46. The highest BCUT2D eigenvalue weighted by atomic mass is 35.5. The summed E-state index contributed by atoms with van der Waals surface area (Å²) < 4.78 is 26.0. The van der Waals surface area contributed by atoms with Crippen molar-refractivity contribution in [3.8, 4) is 5.75 Å². The van der Waals surface area contributed by atoms with E-state index in [1.54, 1.807) is 35.9 Å². The number of aromatic nitrogens is 3. The van der Waals surface area contributed by atoms with Crippen LogP contribution < -0.4 is 10.1 Å². The van der Waals surface area contributed by atoms with Crippen LogP contribution in [-0.4, -0.2) is 21.7 Å². The van der Waals surface area contributed by atoms with Gasteiger partial charge in [-0.15, -0.1) is 0 Å². The molecule has 0 unspecified atom stereocenters. The van der Waals surface area contributed by atoms with Gasteiger partial charge in [0.2, 0.25) is 0 Å². The Balaban J connectivity index is 1.53. The third-order valence-electron chi connectivity index (χ3n) is 4.32. The molecule has 8 heteroatoms. The second-order valence-corrected chi connectivity index (χ2v) is 6.77. The van der Waals surface area contributed by atoms with Crippen molar-refractivity contribution in [1.29, 1.82) is 0 Å². The zero-order valence-corrected chi connectivity index (χ0v) is 16.4. The van der Waals surface area contributed by atoms with Crippen molar-refractivity contribution in [3.63, 3.8) is 0 Å². The summed E-state index contributed by atoms with van der Waals surface area (Å²) in [4.78, 5) is 4.35. The second-order valence-electron chi connectivity index (χ2n) is 6.36. The van der Waals surface area contributed by atoms with Crippen LogP contribution in [0.3, 0.4) is 0 Å². The number of hydrogen-bond donors (Lipinski definition) is 1. The number of methoxy groups -OCH3 is 1. The molecule has 0 aliphatic carbocycles. The molecule has 0 aliphatic rings. The number of ether oxygens (including phenoxy) is 2. The molecule has 4 aromatic rings. The molecule has 2 aromatic heterocycles. The molecule has 6 nitrogen and oxygen atoms in total. The molecule has 2 heterocycles. The molecule has 0 fully saturated rings. The topological polar surface area (TPSA) is 60.7 Å². The Morgan fingerprint density at radius 2 is 2.03 bits per heavy atom. The lowest BCUT2D eigenvalue weighted by molar-refractivity contribution is 0.186. The highest BCUT2D eigenvalue weighted by molar-refractivity contribution is 6.32. The minimum atomic E-state index is -0.300. The van der Waals surface area contributed by atoms with Crippen LogP contribution >= 0.6 is 11.6 Å². The summed E-state index contributed by atoms with van der Waals surface area (Å²) >= 11 is 6.37. The van der Waals surface area contributed by atoms with E-state index in [2.05, 4.69) is 15.4 Å². The lowest BCUT2D eigenvalue weighted by Gasteiger charge is -2.12. The predicted octanol–water partition coefficient (Wildman–Crippen LogP) is 4.99. The van der Waals surface area contributed by atoms with Crippen molar-refractivity contribution in [1.82, 2.24) is 14.6 Å². The maximum Gasteiger partial charge on any atom is 0.158 e. The summed E-state index contributed by atoms with van der Waals surface area (Å²) in [7, 11) is 1.64. The fourth-order valence-electron chi connectivity index (χ4n) is 3.00. The predicted molar refractivity (Wildman–Crippen MR) is 109 cm³/mol. The van der Waals surface area contributed by atoms with E-state index in [0.29, 0.717) is 23.2 Å². The van der Waals surface area contributed by atoms with Crippen molar-refractivity contribution >= 4 is 28.6 Å². The zero-order chi connectivity index (χ0) is 20.2. The molecule has 29 heavy (non-hydrogen) atoms. The normalized spacial score (nSPS) is 11.0. The van der Waals surface area contributed by atoms with Crippen LogP contribution in [0.5, 0.6) is 5.75 Å². The van der Waals surface area contributed by atoms with Crippen LogP contribution in [0.15, 0.2) is 61.1 Å². The van der Waals surface area contributed by atoms with E-state index in [4.69, 9.17) is 21.1 Å². The minimum absolute atomic E-state index is 0.224. The third kappa shape index (κ3) is 4.31. The maximum absolute atomic E-state index is 13.3. The SMILES string of the molecule is COCc1ccn2ncnc(Nc3ccc(OCc4cccc(F)c4)c(Cl)c3)c12. The van der Waals surface area contributed by atoms with Crippen molar-refractivity contribution in [2.24, 2.45) is 0 Å². The van der Waals surface area contributed by atoms with Crippen molar-refractivity contribution in [2.75, 3.05) is 12.4 Å². The number of nitrogens with one attached hydrogen (secondary N) is 1. The van der Waals surface area contributed by atoms with Crippen LogP contribution in [0.25, 0.3) is 5.52 Å². The Kier molecular flexibility index (Phi) is 5.59. The molecular weight excluding hydrogens is 395 g/mol. The van der Waals surface area contributed by atoms with Gasteiger partial charge in [0.15, 0.2) is 5.82 Å². The van der Waals surface area contributed by atoms with E-state index in [1.807, 2.05) is 18.3 Å². The van der Waals surface area contributed by atoms with Crippen molar-refractivity contribution < 1.29 is 13.9 Å². The molecule has 0 saturated heterocycles. The maximum atomic E-state index is 13.3. The Bertz CT molecular complexity index is 1150. The molecule has 0 saturated carbocycles. The molecule has 0 atom stereocenters. The molecule has 0 bridgehead atoms. The smallest absolute Gasteiger partial charge is 0.158 e. The Morgan fingerprint density at radius 3 is 2.83 bits per heavy atom. The van der Waals surface area contributed by atoms with Crippen molar-refractivity contribution in [3.05, 3.63) is 83.0 Å². The number of benzene rings is 2. The van der Waals surface area contributed by atoms with Gasteiger partial charge in [0.1, 0.15) is 30.0 Å². The molecule has 4 rings (SSSR count). The lowest BCUT2D eigenvalue weighted by Crippen LogP contribution is -2.02. The Labute approximate surface area is 171 Å². The number of hydrogen-bond acceptors (Lipinski definition) is 5. The first-order valence-electron chi connectivity index (χ1n) is 8.88. The van der Waals surface area contributed by atoms with Gasteiger partial charge < -0.3 is 14.8 Å². The standard InChI is InChI=1S/C21H18ClFN4O2/c1-28-12-15-7-8-27-20(15)21(24-13-25-27)26-17-5-6-19(18(22)10-17)29-11-14-3-2-4-16(23)9-14/h2-10,13H,11-12H2,1H3,(H,24,25,26). The van der Waals surface area contributed by atoms with Crippen LogP contribution in [-0.2, 0) is 18.0 Å². The minimum Gasteiger partial charge on any atom is -0.487 e. The number of nitrogens with zero attached hydrogens (tertiary/aromatic N) is 3. The number of anilines is 2. The van der Waals surface area contributed by atoms with Crippen LogP contribution in [0.2, 0.25) is 5.02 Å². The number of rotatable bonds is 7. The van der Waals surface area contributed by atoms with Gasteiger partial charge in [-0.3, -0.25) is 0 Å². The molecule has 0 radical (unpaired) electrons. The Morgan fingerprint density at radius 1 is 1.14 bits per heavy atom. The van der Waals surface area contributed by atoms with Gasteiger partial charge in [0.05, 0.1) is 11.6 Å². The van der Waals surface area contributed by atoms with E-state index in [-0.39, 0.29) is 12.4 Å². The summed E-state index contributed by atoms with van der Waals surface area (Å²) in [5, 5.41) is 7.91. The van der Waals surface area contributed by atoms with Crippen molar-refractivity contribution in [2.45, 2.75) is 13.2 Å². The van der Waals surface area contributed by atoms with Gasteiger partial charge in [-0.25, -0.2) is 13.9 Å². The highest BCUT2D eigenvalue weighted by Gasteiger charge is 2.11. The van der Waals surface area contributed by atoms with E-state index >= 15 is 0 Å². The number of halogens is 2. The quantitative estimate of drug-likeness (QED) is 0.463. The summed E-state index contributed by atoms with van der Waals surface area (Å²) in [5.74, 6) is 0.852. The molecule has 1 N–H and O–H groups in total. The molecule has 2 aromatic carbocycles. The molecule has 0 spiro atoms. The molecule has 0 amide bonds.